The third-order valence-corrected chi connectivity index (χ3v) is 3.06. The van der Waals surface area contributed by atoms with Gasteiger partial charge in [-0.3, -0.25) is 0 Å². The van der Waals surface area contributed by atoms with Crippen LogP contribution in [0.1, 0.15) is 12.0 Å². The minimum atomic E-state index is 0.563. The van der Waals surface area contributed by atoms with Gasteiger partial charge in [0.25, 0.3) is 0 Å². The van der Waals surface area contributed by atoms with Crippen molar-refractivity contribution < 1.29 is 4.74 Å². The van der Waals surface area contributed by atoms with Crippen molar-refractivity contribution in [3.05, 3.63) is 59.1 Å². The fourth-order valence-corrected chi connectivity index (χ4v) is 1.98. The van der Waals surface area contributed by atoms with E-state index in [-0.39, 0.29) is 0 Å². The first-order valence-corrected chi connectivity index (χ1v) is 6.79. The molecule has 0 heterocycles. The summed E-state index contributed by atoms with van der Waals surface area (Å²) in [6.07, 6.45) is 0.866. The zero-order chi connectivity index (χ0) is 14.2. The lowest BCUT2D eigenvalue weighted by Gasteiger charge is -2.09. The van der Waals surface area contributed by atoms with Crippen LogP contribution < -0.4 is 10.1 Å². The summed E-state index contributed by atoms with van der Waals surface area (Å²) in [5, 5.41) is 12.6. The van der Waals surface area contributed by atoms with Gasteiger partial charge in [-0.15, -0.1) is 0 Å². The predicted molar refractivity (Wildman–Crippen MR) is 81.2 cm³/mol. The van der Waals surface area contributed by atoms with Crippen molar-refractivity contribution in [1.29, 1.82) is 5.26 Å². The van der Waals surface area contributed by atoms with E-state index in [2.05, 4.69) is 11.4 Å². The molecule has 102 valence electrons. The van der Waals surface area contributed by atoms with Crippen LogP contribution in [0.3, 0.4) is 0 Å². The van der Waals surface area contributed by atoms with Crippen molar-refractivity contribution >= 4 is 17.3 Å². The Bertz CT molecular complexity index is 593. The van der Waals surface area contributed by atoms with Crippen LogP contribution in [0.4, 0.5) is 5.69 Å². The standard InChI is InChI=1S/C16H15ClN2O/c17-15-11-13(12-18)7-8-16(15)19-9-4-10-20-14-5-2-1-3-6-14/h1-3,5-8,11,19H,4,9-10H2. The van der Waals surface area contributed by atoms with Gasteiger partial charge in [-0.2, -0.15) is 5.26 Å². The topological polar surface area (TPSA) is 45.0 Å². The lowest BCUT2D eigenvalue weighted by atomic mass is 10.2. The fraction of sp³-hybridized carbons (Fsp3) is 0.188. The Balaban J connectivity index is 1.72. The zero-order valence-electron chi connectivity index (χ0n) is 11.0. The molecule has 20 heavy (non-hydrogen) atoms. The maximum atomic E-state index is 8.76. The number of nitrogens with one attached hydrogen (secondary N) is 1. The zero-order valence-corrected chi connectivity index (χ0v) is 11.7. The molecule has 0 amide bonds. The number of nitrogens with zero attached hydrogens (tertiary/aromatic N) is 1. The third kappa shape index (κ3) is 4.18. The highest BCUT2D eigenvalue weighted by molar-refractivity contribution is 6.33. The highest BCUT2D eigenvalue weighted by Gasteiger charge is 2.01. The molecule has 2 rings (SSSR count). The molecule has 2 aromatic carbocycles. The number of benzene rings is 2. The minimum Gasteiger partial charge on any atom is -0.494 e. The van der Waals surface area contributed by atoms with Gasteiger partial charge in [0.2, 0.25) is 0 Å². The molecule has 3 nitrogen and oxygen atoms in total. The van der Waals surface area contributed by atoms with Crippen LogP contribution in [-0.2, 0) is 0 Å². The molecule has 0 unspecified atom stereocenters. The van der Waals surface area contributed by atoms with Gasteiger partial charge in [0.1, 0.15) is 5.75 Å². The van der Waals surface area contributed by atoms with Crippen molar-refractivity contribution in [1.82, 2.24) is 0 Å². The summed E-state index contributed by atoms with van der Waals surface area (Å²) >= 11 is 6.07. The Morgan fingerprint density at radius 1 is 1.15 bits per heavy atom. The van der Waals surface area contributed by atoms with Gasteiger partial charge < -0.3 is 10.1 Å². The monoisotopic (exact) mass is 286 g/mol. The summed E-state index contributed by atoms with van der Waals surface area (Å²) in [5.74, 6) is 0.879. The van der Waals surface area contributed by atoms with Crippen LogP contribution in [0.15, 0.2) is 48.5 Å². The summed E-state index contributed by atoms with van der Waals surface area (Å²) < 4.78 is 5.59. The smallest absolute Gasteiger partial charge is 0.119 e. The fourth-order valence-electron chi connectivity index (χ4n) is 1.73. The molecular weight excluding hydrogens is 272 g/mol. The Hall–Kier alpha value is -2.18. The Labute approximate surface area is 123 Å². The van der Waals surface area contributed by atoms with E-state index in [0.29, 0.717) is 17.2 Å². The molecule has 0 atom stereocenters. The second kappa shape index (κ2) is 7.42. The van der Waals surface area contributed by atoms with Gasteiger partial charge in [0, 0.05) is 6.54 Å². The van der Waals surface area contributed by atoms with Gasteiger partial charge in [-0.1, -0.05) is 29.8 Å². The van der Waals surface area contributed by atoms with Gasteiger partial charge in [0.05, 0.1) is 28.9 Å². The molecule has 0 saturated heterocycles. The first-order chi connectivity index (χ1) is 9.79. The second-order valence-corrected chi connectivity index (χ2v) is 4.66. The molecule has 0 radical (unpaired) electrons. The van der Waals surface area contributed by atoms with Crippen LogP contribution in [0, 0.1) is 11.3 Å². The third-order valence-electron chi connectivity index (χ3n) is 2.75. The number of rotatable bonds is 6. The summed E-state index contributed by atoms with van der Waals surface area (Å²) in [7, 11) is 0. The molecule has 0 bridgehead atoms. The summed E-state index contributed by atoms with van der Waals surface area (Å²) in [6.45, 7) is 1.41. The number of halogens is 1. The normalized spacial score (nSPS) is 9.80. The molecule has 0 aliphatic heterocycles. The lowest BCUT2D eigenvalue weighted by molar-refractivity contribution is 0.315. The maximum Gasteiger partial charge on any atom is 0.119 e. The Kier molecular flexibility index (Phi) is 5.28. The van der Waals surface area contributed by atoms with Crippen molar-refractivity contribution in [2.45, 2.75) is 6.42 Å². The lowest BCUT2D eigenvalue weighted by Crippen LogP contribution is -2.07. The highest BCUT2D eigenvalue weighted by Crippen LogP contribution is 2.22. The average molecular weight is 287 g/mol. The number of hydrogen-bond donors (Lipinski definition) is 1. The number of para-hydroxylation sites is 1. The number of hydrogen-bond acceptors (Lipinski definition) is 3. The first-order valence-electron chi connectivity index (χ1n) is 6.41. The summed E-state index contributed by atoms with van der Waals surface area (Å²) in [4.78, 5) is 0. The molecule has 0 spiro atoms. The van der Waals surface area contributed by atoms with Gasteiger partial charge in [-0.05, 0) is 36.8 Å². The van der Waals surface area contributed by atoms with Crippen LogP contribution in [0.5, 0.6) is 5.75 Å². The van der Waals surface area contributed by atoms with E-state index in [0.717, 1.165) is 24.4 Å². The van der Waals surface area contributed by atoms with Crippen LogP contribution in [0.2, 0.25) is 5.02 Å². The summed E-state index contributed by atoms with van der Waals surface area (Å²) in [5.41, 5.74) is 1.40. The average Bonchev–Trinajstić information content (AvgIpc) is 2.49. The molecule has 1 N–H and O–H groups in total. The molecule has 0 fully saturated rings. The first kappa shape index (κ1) is 14.2. The van der Waals surface area contributed by atoms with Crippen molar-refractivity contribution in [3.63, 3.8) is 0 Å². The molecular formula is C16H15ClN2O. The van der Waals surface area contributed by atoms with E-state index in [1.165, 1.54) is 0 Å². The second-order valence-electron chi connectivity index (χ2n) is 4.25. The molecule has 2 aromatic rings. The van der Waals surface area contributed by atoms with Crippen LogP contribution in [0.25, 0.3) is 0 Å². The maximum absolute atomic E-state index is 8.76. The molecule has 0 saturated carbocycles. The predicted octanol–water partition coefficient (Wildman–Crippen LogP) is 4.09. The minimum absolute atomic E-state index is 0.563. The molecule has 4 heteroatoms. The van der Waals surface area contributed by atoms with Gasteiger partial charge >= 0.3 is 0 Å². The molecule has 0 aliphatic carbocycles. The van der Waals surface area contributed by atoms with E-state index in [1.54, 1.807) is 12.1 Å². The Morgan fingerprint density at radius 3 is 2.65 bits per heavy atom. The number of ether oxygens (including phenoxy) is 1. The van der Waals surface area contributed by atoms with Gasteiger partial charge in [0.15, 0.2) is 0 Å². The van der Waals surface area contributed by atoms with Gasteiger partial charge in [-0.25, -0.2) is 0 Å². The highest BCUT2D eigenvalue weighted by atomic mass is 35.5. The number of anilines is 1. The van der Waals surface area contributed by atoms with Crippen LogP contribution in [-0.4, -0.2) is 13.2 Å². The van der Waals surface area contributed by atoms with E-state index in [1.807, 2.05) is 36.4 Å². The van der Waals surface area contributed by atoms with E-state index >= 15 is 0 Å². The van der Waals surface area contributed by atoms with Crippen molar-refractivity contribution in [2.24, 2.45) is 0 Å². The Morgan fingerprint density at radius 2 is 1.95 bits per heavy atom. The molecule has 0 aromatic heterocycles. The largest absolute Gasteiger partial charge is 0.494 e. The van der Waals surface area contributed by atoms with Crippen LogP contribution >= 0.6 is 11.6 Å². The van der Waals surface area contributed by atoms with E-state index in [9.17, 15) is 0 Å². The quantitative estimate of drug-likeness (QED) is 0.814. The number of nitriles is 1. The van der Waals surface area contributed by atoms with Crippen molar-refractivity contribution in [3.8, 4) is 11.8 Å². The SMILES string of the molecule is N#Cc1ccc(NCCCOc2ccccc2)c(Cl)c1. The molecule has 0 aliphatic rings. The van der Waals surface area contributed by atoms with E-state index in [4.69, 9.17) is 21.6 Å². The van der Waals surface area contributed by atoms with Crippen molar-refractivity contribution in [2.75, 3.05) is 18.5 Å². The summed E-state index contributed by atoms with van der Waals surface area (Å²) in [6, 6.07) is 17.0. The van der Waals surface area contributed by atoms with E-state index < -0.39 is 0 Å².